The van der Waals surface area contributed by atoms with Crippen LogP contribution in [0.5, 0.6) is 0 Å². The summed E-state index contributed by atoms with van der Waals surface area (Å²) in [6, 6.07) is 0. The van der Waals surface area contributed by atoms with Crippen molar-refractivity contribution in [2.75, 3.05) is 6.54 Å². The number of carbonyl (C=O) groups is 1. The molecule has 0 saturated heterocycles. The number of hydrogen-bond acceptors (Lipinski definition) is 1. The molecule has 0 unspecified atom stereocenters. The van der Waals surface area contributed by atoms with Crippen LogP contribution in [0.25, 0.3) is 0 Å². The normalized spacial score (nSPS) is 11.1. The zero-order chi connectivity index (χ0) is 7.49. The Balaban J connectivity index is 3.39. The van der Waals surface area contributed by atoms with Crippen LogP contribution < -0.4 is 5.32 Å². The largest absolute Gasteiger partial charge is 0.350 e. The monoisotopic (exact) mass is 137 g/mol. The van der Waals surface area contributed by atoms with Crippen LogP contribution in [0.15, 0.2) is 0 Å². The van der Waals surface area contributed by atoms with Gasteiger partial charge in [-0.15, -0.1) is 0 Å². The zero-order valence-electron chi connectivity index (χ0n) is 5.37. The molecule has 0 aliphatic heterocycles. The van der Waals surface area contributed by atoms with Gasteiger partial charge in [-0.2, -0.15) is 0 Å². The van der Waals surface area contributed by atoms with Crippen molar-refractivity contribution in [3.63, 3.8) is 0 Å². The molecule has 0 aromatic rings. The molecule has 9 heavy (non-hydrogen) atoms. The third-order valence-electron chi connectivity index (χ3n) is 0.648. The summed E-state index contributed by atoms with van der Waals surface area (Å²) in [6.45, 7) is 1.37. The summed E-state index contributed by atoms with van der Waals surface area (Å²) in [5, 5.41) is 2.00. The molecule has 0 spiro atoms. The highest BCUT2D eigenvalue weighted by Gasteiger charge is 2.20. The van der Waals surface area contributed by atoms with E-state index in [2.05, 4.69) is 0 Å². The van der Waals surface area contributed by atoms with E-state index in [0.717, 1.165) is 6.92 Å². The van der Waals surface area contributed by atoms with Gasteiger partial charge in [0, 0.05) is 13.8 Å². The lowest BCUT2D eigenvalue weighted by Gasteiger charge is -2.08. The van der Waals surface area contributed by atoms with Gasteiger partial charge in [-0.3, -0.25) is 4.79 Å². The van der Waals surface area contributed by atoms with E-state index in [1.54, 1.807) is 0 Å². The fourth-order valence-electron chi connectivity index (χ4n) is 0.280. The number of amides is 1. The second-order valence-electron chi connectivity index (χ2n) is 1.98. The number of nitrogens with one attached hydrogen (secondary N) is 1. The van der Waals surface area contributed by atoms with Gasteiger partial charge >= 0.3 is 0 Å². The molecule has 2 nitrogen and oxygen atoms in total. The van der Waals surface area contributed by atoms with Gasteiger partial charge in [-0.25, -0.2) is 8.78 Å². The smallest absolute Gasteiger partial charge is 0.262 e. The van der Waals surface area contributed by atoms with Crippen molar-refractivity contribution in [1.82, 2.24) is 5.32 Å². The Morgan fingerprint density at radius 2 is 2.11 bits per heavy atom. The van der Waals surface area contributed by atoms with Crippen molar-refractivity contribution in [2.45, 2.75) is 19.8 Å². The molecule has 0 radical (unpaired) electrons. The van der Waals surface area contributed by atoms with Crippen LogP contribution in [0, 0.1) is 0 Å². The Hall–Kier alpha value is -0.670. The van der Waals surface area contributed by atoms with Crippen LogP contribution in [0.3, 0.4) is 0 Å². The SMILES string of the molecule is CC(=O)NCC(C)(F)F. The van der Waals surface area contributed by atoms with Crippen LogP contribution in [0.4, 0.5) is 8.78 Å². The predicted molar refractivity (Wildman–Crippen MR) is 29.3 cm³/mol. The highest BCUT2D eigenvalue weighted by molar-refractivity contribution is 5.72. The van der Waals surface area contributed by atoms with E-state index in [1.807, 2.05) is 5.32 Å². The highest BCUT2D eigenvalue weighted by Crippen LogP contribution is 2.08. The third-order valence-corrected chi connectivity index (χ3v) is 0.648. The summed E-state index contributed by atoms with van der Waals surface area (Å²) in [4.78, 5) is 10.0. The minimum Gasteiger partial charge on any atom is -0.350 e. The Labute approximate surface area is 52.2 Å². The minimum absolute atomic E-state index is 0.434. The van der Waals surface area contributed by atoms with Gasteiger partial charge in [0.2, 0.25) is 5.91 Å². The molecule has 0 aromatic heterocycles. The van der Waals surface area contributed by atoms with E-state index in [-0.39, 0.29) is 0 Å². The van der Waals surface area contributed by atoms with E-state index < -0.39 is 18.4 Å². The minimum atomic E-state index is -2.80. The lowest BCUT2D eigenvalue weighted by Crippen LogP contribution is -2.32. The number of halogens is 2. The average Bonchev–Trinajstić information content (AvgIpc) is 1.59. The topological polar surface area (TPSA) is 29.1 Å². The van der Waals surface area contributed by atoms with Crippen molar-refractivity contribution in [3.8, 4) is 0 Å². The van der Waals surface area contributed by atoms with E-state index in [1.165, 1.54) is 6.92 Å². The molecule has 0 fully saturated rings. The molecule has 0 atom stereocenters. The molecular weight excluding hydrogens is 128 g/mol. The summed E-state index contributed by atoms with van der Waals surface area (Å²) < 4.78 is 23.7. The van der Waals surface area contributed by atoms with Gasteiger partial charge in [-0.05, 0) is 0 Å². The molecule has 0 aliphatic carbocycles. The molecule has 1 N–H and O–H groups in total. The fourth-order valence-corrected chi connectivity index (χ4v) is 0.280. The van der Waals surface area contributed by atoms with Crippen LogP contribution in [-0.4, -0.2) is 18.4 Å². The maximum absolute atomic E-state index is 11.9. The zero-order valence-corrected chi connectivity index (χ0v) is 5.37. The number of alkyl halides is 2. The summed E-state index contributed by atoms with van der Waals surface area (Å²) >= 11 is 0. The molecule has 54 valence electrons. The first-order valence-corrected chi connectivity index (χ1v) is 2.54. The first-order chi connectivity index (χ1) is 3.92. The second-order valence-corrected chi connectivity index (χ2v) is 1.98. The van der Waals surface area contributed by atoms with Crippen LogP contribution in [-0.2, 0) is 4.79 Å². The molecule has 0 rings (SSSR count). The van der Waals surface area contributed by atoms with Crippen molar-refractivity contribution in [3.05, 3.63) is 0 Å². The summed E-state index contributed by atoms with van der Waals surface area (Å²) in [6.07, 6.45) is 0. The van der Waals surface area contributed by atoms with Gasteiger partial charge in [0.1, 0.15) is 0 Å². The van der Waals surface area contributed by atoms with Gasteiger partial charge in [0.05, 0.1) is 6.54 Å². The molecule has 0 aromatic carbocycles. The van der Waals surface area contributed by atoms with E-state index in [0.29, 0.717) is 0 Å². The first kappa shape index (κ1) is 8.33. The van der Waals surface area contributed by atoms with Crippen molar-refractivity contribution < 1.29 is 13.6 Å². The van der Waals surface area contributed by atoms with E-state index in [4.69, 9.17) is 0 Å². The third kappa shape index (κ3) is 7.33. The van der Waals surface area contributed by atoms with Gasteiger partial charge in [-0.1, -0.05) is 0 Å². The number of hydrogen-bond donors (Lipinski definition) is 1. The molecule has 0 saturated carbocycles. The van der Waals surface area contributed by atoms with Gasteiger partial charge < -0.3 is 5.32 Å². The summed E-state index contributed by atoms with van der Waals surface area (Å²) in [5.41, 5.74) is 0. The lowest BCUT2D eigenvalue weighted by atomic mass is 10.4. The maximum Gasteiger partial charge on any atom is 0.262 e. The van der Waals surface area contributed by atoms with Crippen molar-refractivity contribution >= 4 is 5.91 Å². The molecule has 0 aliphatic rings. The maximum atomic E-state index is 11.9. The number of carbonyl (C=O) groups excluding carboxylic acids is 1. The van der Waals surface area contributed by atoms with Crippen molar-refractivity contribution in [1.29, 1.82) is 0 Å². The first-order valence-electron chi connectivity index (χ1n) is 2.54. The van der Waals surface area contributed by atoms with E-state index in [9.17, 15) is 13.6 Å². The summed E-state index contributed by atoms with van der Waals surface area (Å²) in [5.74, 6) is -3.23. The Bertz CT molecular complexity index is 108. The second kappa shape index (κ2) is 2.75. The fraction of sp³-hybridized carbons (Fsp3) is 0.800. The predicted octanol–water partition coefficient (Wildman–Crippen LogP) is 0.778. The standard InChI is InChI=1S/C5H9F2NO/c1-4(9)8-3-5(2,6)7/h3H2,1-2H3,(H,8,9). The number of rotatable bonds is 2. The highest BCUT2D eigenvalue weighted by atomic mass is 19.3. The van der Waals surface area contributed by atoms with Crippen LogP contribution in [0.2, 0.25) is 0 Å². The lowest BCUT2D eigenvalue weighted by molar-refractivity contribution is -0.120. The van der Waals surface area contributed by atoms with Crippen LogP contribution >= 0.6 is 0 Å². The van der Waals surface area contributed by atoms with Crippen molar-refractivity contribution in [2.24, 2.45) is 0 Å². The van der Waals surface area contributed by atoms with E-state index >= 15 is 0 Å². The average molecular weight is 137 g/mol. The van der Waals surface area contributed by atoms with Gasteiger partial charge in [0.15, 0.2) is 0 Å². The Kier molecular flexibility index (Phi) is 2.55. The molecular formula is C5H9F2NO. The molecule has 4 heteroatoms. The van der Waals surface area contributed by atoms with Crippen LogP contribution in [0.1, 0.15) is 13.8 Å². The molecule has 1 amide bonds. The summed E-state index contributed by atoms with van der Waals surface area (Å²) in [7, 11) is 0. The Morgan fingerprint density at radius 1 is 1.67 bits per heavy atom. The Morgan fingerprint density at radius 3 is 2.22 bits per heavy atom. The molecule has 0 bridgehead atoms. The quantitative estimate of drug-likeness (QED) is 0.598. The molecule has 0 heterocycles. The van der Waals surface area contributed by atoms with Gasteiger partial charge in [0.25, 0.3) is 5.92 Å².